The van der Waals surface area contributed by atoms with Crippen LogP contribution in [0.2, 0.25) is 0 Å². The standard InChI is InChI=1S/C11H14N2O6/c14-8(2-4-10(16)17)12-6-1-7-13-9(15)3-5-11(18)19/h2-5H,1,6-7H2,(H,12,14)(H,13,15)(H,16,17)(H,18,19)/b4-2+,5-3+. The van der Waals surface area contributed by atoms with Crippen molar-refractivity contribution in [1.29, 1.82) is 0 Å². The first kappa shape index (κ1) is 16.4. The first-order valence-corrected chi connectivity index (χ1v) is 5.29. The molecule has 0 atom stereocenters. The van der Waals surface area contributed by atoms with Gasteiger partial charge in [0.25, 0.3) is 0 Å². The second kappa shape index (κ2) is 9.40. The Balaban J connectivity index is 3.65. The Kier molecular flexibility index (Phi) is 8.09. The smallest absolute Gasteiger partial charge is 0.328 e. The molecule has 19 heavy (non-hydrogen) atoms. The lowest BCUT2D eigenvalue weighted by molar-refractivity contribution is -0.132. The number of nitrogens with one attached hydrogen (secondary N) is 2. The molecule has 0 aliphatic carbocycles. The van der Waals surface area contributed by atoms with Crippen molar-refractivity contribution in [3.05, 3.63) is 24.3 Å². The highest BCUT2D eigenvalue weighted by atomic mass is 16.4. The highest BCUT2D eigenvalue weighted by Gasteiger charge is 1.98. The molecule has 0 spiro atoms. The van der Waals surface area contributed by atoms with Gasteiger partial charge in [0.05, 0.1) is 0 Å². The van der Waals surface area contributed by atoms with E-state index in [2.05, 4.69) is 10.6 Å². The normalized spacial score (nSPS) is 10.5. The third-order valence-corrected chi connectivity index (χ3v) is 1.71. The molecule has 0 aromatic rings. The van der Waals surface area contributed by atoms with Crippen LogP contribution in [0.15, 0.2) is 24.3 Å². The van der Waals surface area contributed by atoms with Crippen molar-refractivity contribution in [2.24, 2.45) is 0 Å². The Labute approximate surface area is 108 Å². The third kappa shape index (κ3) is 11.6. The zero-order valence-electron chi connectivity index (χ0n) is 9.96. The fourth-order valence-corrected chi connectivity index (χ4v) is 0.923. The zero-order chi connectivity index (χ0) is 14.7. The molecule has 0 bridgehead atoms. The molecule has 0 aliphatic heterocycles. The Morgan fingerprint density at radius 3 is 1.42 bits per heavy atom. The molecule has 4 N–H and O–H groups in total. The topological polar surface area (TPSA) is 133 Å². The summed E-state index contributed by atoms with van der Waals surface area (Å²) in [6, 6.07) is 0. The maximum absolute atomic E-state index is 11.0. The van der Waals surface area contributed by atoms with Crippen molar-refractivity contribution in [2.45, 2.75) is 6.42 Å². The largest absolute Gasteiger partial charge is 0.478 e. The average molecular weight is 270 g/mol. The Hall–Kier alpha value is -2.64. The van der Waals surface area contributed by atoms with Crippen molar-refractivity contribution in [3.8, 4) is 0 Å². The second-order valence-electron chi connectivity index (χ2n) is 3.28. The zero-order valence-corrected chi connectivity index (χ0v) is 9.96. The molecule has 0 fully saturated rings. The number of carboxylic acids is 2. The lowest BCUT2D eigenvalue weighted by Crippen LogP contribution is -2.28. The molecule has 104 valence electrons. The first-order chi connectivity index (χ1) is 8.91. The summed E-state index contributed by atoms with van der Waals surface area (Å²) in [6.07, 6.45) is 3.63. The van der Waals surface area contributed by atoms with Crippen molar-refractivity contribution in [3.63, 3.8) is 0 Å². The van der Waals surface area contributed by atoms with Crippen molar-refractivity contribution in [1.82, 2.24) is 10.6 Å². The molecule has 0 aliphatic rings. The van der Waals surface area contributed by atoms with E-state index in [1.807, 2.05) is 0 Å². The van der Waals surface area contributed by atoms with Gasteiger partial charge in [-0.1, -0.05) is 0 Å². The van der Waals surface area contributed by atoms with Gasteiger partial charge in [0, 0.05) is 37.4 Å². The molecule has 0 rings (SSSR count). The molecule has 0 aromatic carbocycles. The average Bonchev–Trinajstić information content (AvgIpc) is 2.33. The van der Waals surface area contributed by atoms with Gasteiger partial charge in [0.1, 0.15) is 0 Å². The number of rotatable bonds is 8. The predicted octanol–water partition coefficient (Wildman–Crippen LogP) is -1.11. The highest BCUT2D eigenvalue weighted by Crippen LogP contribution is 1.79. The van der Waals surface area contributed by atoms with Crippen LogP contribution in [-0.4, -0.2) is 47.1 Å². The van der Waals surface area contributed by atoms with Gasteiger partial charge < -0.3 is 20.8 Å². The minimum atomic E-state index is -1.22. The summed E-state index contributed by atoms with van der Waals surface area (Å²) in [5.74, 6) is -3.51. The van der Waals surface area contributed by atoms with E-state index in [9.17, 15) is 19.2 Å². The van der Waals surface area contributed by atoms with E-state index in [1.165, 1.54) is 0 Å². The van der Waals surface area contributed by atoms with E-state index >= 15 is 0 Å². The number of carboxylic acid groups (broad SMARTS) is 2. The van der Waals surface area contributed by atoms with Crippen molar-refractivity contribution >= 4 is 23.8 Å². The van der Waals surface area contributed by atoms with Gasteiger partial charge in [0.15, 0.2) is 0 Å². The summed E-state index contributed by atoms with van der Waals surface area (Å²) in [5.41, 5.74) is 0. The minimum Gasteiger partial charge on any atom is -0.478 e. The lowest BCUT2D eigenvalue weighted by atomic mass is 10.4. The van der Waals surface area contributed by atoms with Gasteiger partial charge in [0.2, 0.25) is 11.8 Å². The molecule has 0 radical (unpaired) electrons. The van der Waals surface area contributed by atoms with E-state index in [0.717, 1.165) is 12.2 Å². The van der Waals surface area contributed by atoms with Crippen molar-refractivity contribution in [2.75, 3.05) is 13.1 Å². The van der Waals surface area contributed by atoms with Crippen LogP contribution in [0.4, 0.5) is 0 Å². The number of hydrogen-bond donors (Lipinski definition) is 4. The van der Waals surface area contributed by atoms with E-state index in [0.29, 0.717) is 18.6 Å². The molecule has 8 heteroatoms. The first-order valence-electron chi connectivity index (χ1n) is 5.29. The van der Waals surface area contributed by atoms with Gasteiger partial charge in [-0.2, -0.15) is 0 Å². The third-order valence-electron chi connectivity index (χ3n) is 1.71. The van der Waals surface area contributed by atoms with E-state index in [-0.39, 0.29) is 13.1 Å². The van der Waals surface area contributed by atoms with Crippen LogP contribution in [0.1, 0.15) is 6.42 Å². The van der Waals surface area contributed by atoms with Gasteiger partial charge in [-0.3, -0.25) is 9.59 Å². The summed E-state index contributed by atoms with van der Waals surface area (Å²) in [6.45, 7) is 0.511. The Morgan fingerprint density at radius 1 is 0.737 bits per heavy atom. The van der Waals surface area contributed by atoms with Crippen molar-refractivity contribution < 1.29 is 29.4 Å². The maximum atomic E-state index is 11.0. The van der Waals surface area contributed by atoms with Crippen LogP contribution >= 0.6 is 0 Å². The van der Waals surface area contributed by atoms with Gasteiger partial charge >= 0.3 is 11.9 Å². The maximum Gasteiger partial charge on any atom is 0.328 e. The number of carbonyl (C=O) groups is 4. The molecule has 0 saturated heterocycles. The quantitative estimate of drug-likeness (QED) is 0.326. The van der Waals surface area contributed by atoms with Crippen LogP contribution < -0.4 is 10.6 Å². The summed E-state index contributed by atoms with van der Waals surface area (Å²) < 4.78 is 0. The molecular weight excluding hydrogens is 256 g/mol. The number of amides is 2. The fourth-order valence-electron chi connectivity index (χ4n) is 0.923. The van der Waals surface area contributed by atoms with Crippen LogP contribution in [0.3, 0.4) is 0 Å². The molecule has 0 aromatic heterocycles. The Morgan fingerprint density at radius 2 is 1.11 bits per heavy atom. The van der Waals surface area contributed by atoms with E-state index in [4.69, 9.17) is 10.2 Å². The molecule has 0 heterocycles. The SMILES string of the molecule is O=C(O)/C=C/C(=O)NCCCNC(=O)/C=C/C(=O)O. The molecule has 2 amide bonds. The second-order valence-corrected chi connectivity index (χ2v) is 3.28. The van der Waals surface area contributed by atoms with Gasteiger partial charge in [-0.05, 0) is 6.42 Å². The summed E-state index contributed by atoms with van der Waals surface area (Å²) in [4.78, 5) is 42.2. The summed E-state index contributed by atoms with van der Waals surface area (Å²) in [7, 11) is 0. The summed E-state index contributed by atoms with van der Waals surface area (Å²) >= 11 is 0. The van der Waals surface area contributed by atoms with E-state index < -0.39 is 23.8 Å². The highest BCUT2D eigenvalue weighted by molar-refractivity contribution is 5.94. The minimum absolute atomic E-state index is 0.256. The van der Waals surface area contributed by atoms with Crippen LogP contribution in [-0.2, 0) is 19.2 Å². The number of aliphatic carboxylic acids is 2. The number of hydrogen-bond acceptors (Lipinski definition) is 4. The van der Waals surface area contributed by atoms with Gasteiger partial charge in [-0.25, -0.2) is 9.59 Å². The molecular formula is C11H14N2O6. The number of carbonyl (C=O) groups excluding carboxylic acids is 2. The van der Waals surface area contributed by atoms with Gasteiger partial charge in [-0.15, -0.1) is 0 Å². The fraction of sp³-hybridized carbons (Fsp3) is 0.273. The molecule has 0 saturated carbocycles. The molecule has 0 unspecified atom stereocenters. The van der Waals surface area contributed by atoms with Crippen LogP contribution in [0.5, 0.6) is 0 Å². The lowest BCUT2D eigenvalue weighted by Gasteiger charge is -2.03. The predicted molar refractivity (Wildman–Crippen MR) is 64.2 cm³/mol. The summed E-state index contributed by atoms with van der Waals surface area (Å²) in [5, 5.41) is 21.3. The van der Waals surface area contributed by atoms with Crippen LogP contribution in [0.25, 0.3) is 0 Å². The molecule has 8 nitrogen and oxygen atoms in total. The van der Waals surface area contributed by atoms with E-state index in [1.54, 1.807) is 0 Å². The van der Waals surface area contributed by atoms with Crippen LogP contribution in [0, 0.1) is 0 Å². The Bertz CT molecular complexity index is 375. The monoisotopic (exact) mass is 270 g/mol.